The molecule has 2 aromatic carbocycles. The van der Waals surface area contributed by atoms with Crippen molar-refractivity contribution in [3.63, 3.8) is 0 Å². The maximum Gasteiger partial charge on any atom is 0.179 e. The maximum atomic E-state index is 6.80. The van der Waals surface area contributed by atoms with Crippen LogP contribution in [0.3, 0.4) is 0 Å². The number of benzene rings is 2. The zero-order chi connectivity index (χ0) is 17.7. The standard InChI is InChI=1S/C18H12Br2ClNO.C2H6/c19-10-4-6-14-13(7-10)16(21)17-12-5-3-11(20)8-15(12)23-18(22(14)17)9-1-2-9;1-2/h3-9,18H,1-2H2;1-2H3. The summed E-state index contributed by atoms with van der Waals surface area (Å²) in [5, 5.41) is 1.87. The third-order valence-corrected chi connectivity index (χ3v) is 6.00. The molecule has 0 saturated heterocycles. The van der Waals surface area contributed by atoms with Gasteiger partial charge in [-0.25, -0.2) is 0 Å². The lowest BCUT2D eigenvalue weighted by atomic mass is 10.1. The van der Waals surface area contributed by atoms with Gasteiger partial charge in [-0.15, -0.1) is 0 Å². The molecule has 2 heterocycles. The molecule has 130 valence electrons. The smallest absolute Gasteiger partial charge is 0.179 e. The number of nitrogens with zero attached hydrogens (tertiary/aromatic N) is 1. The van der Waals surface area contributed by atoms with Crippen LogP contribution in [0, 0.1) is 5.92 Å². The zero-order valence-electron chi connectivity index (χ0n) is 14.0. The average Bonchev–Trinajstić information content (AvgIpc) is 3.42. The van der Waals surface area contributed by atoms with E-state index in [1.165, 1.54) is 12.8 Å². The molecular formula is C20H18Br2ClNO. The molecule has 1 saturated carbocycles. The van der Waals surface area contributed by atoms with Gasteiger partial charge in [0.1, 0.15) is 5.75 Å². The molecule has 25 heavy (non-hydrogen) atoms. The largest absolute Gasteiger partial charge is 0.469 e. The topological polar surface area (TPSA) is 14.2 Å². The van der Waals surface area contributed by atoms with Crippen molar-refractivity contribution < 1.29 is 4.74 Å². The van der Waals surface area contributed by atoms with Crippen LogP contribution in [0.2, 0.25) is 5.02 Å². The lowest BCUT2D eigenvalue weighted by Crippen LogP contribution is -2.22. The Balaban J connectivity index is 0.000000758. The van der Waals surface area contributed by atoms with E-state index in [2.05, 4.69) is 60.7 Å². The zero-order valence-corrected chi connectivity index (χ0v) is 18.0. The van der Waals surface area contributed by atoms with Crippen LogP contribution in [0.1, 0.15) is 32.9 Å². The van der Waals surface area contributed by atoms with E-state index in [0.717, 1.165) is 41.9 Å². The molecule has 1 unspecified atom stereocenters. The highest BCUT2D eigenvalue weighted by atomic mass is 79.9. The third kappa shape index (κ3) is 2.83. The molecule has 1 atom stereocenters. The van der Waals surface area contributed by atoms with Crippen molar-refractivity contribution in [1.29, 1.82) is 0 Å². The van der Waals surface area contributed by atoms with E-state index in [0.29, 0.717) is 5.92 Å². The number of hydrogen-bond acceptors (Lipinski definition) is 1. The number of fused-ring (bicyclic) bond motifs is 5. The fourth-order valence-electron chi connectivity index (χ4n) is 3.42. The number of hydrogen-bond donors (Lipinski definition) is 0. The summed E-state index contributed by atoms with van der Waals surface area (Å²) in [7, 11) is 0. The predicted octanol–water partition coefficient (Wildman–Crippen LogP) is 7.81. The van der Waals surface area contributed by atoms with Crippen LogP contribution < -0.4 is 4.74 Å². The molecule has 1 aromatic heterocycles. The molecule has 3 aromatic rings. The number of halogens is 3. The first-order chi connectivity index (χ1) is 12.1. The Bertz CT molecular complexity index is 962. The van der Waals surface area contributed by atoms with E-state index in [4.69, 9.17) is 16.3 Å². The molecule has 2 nitrogen and oxygen atoms in total. The molecule has 2 aliphatic rings. The first-order valence-electron chi connectivity index (χ1n) is 8.59. The second kappa shape index (κ2) is 6.64. The van der Waals surface area contributed by atoms with Gasteiger partial charge in [0, 0.05) is 25.8 Å². The second-order valence-corrected chi connectivity index (χ2v) is 8.39. The van der Waals surface area contributed by atoms with E-state index in [9.17, 15) is 0 Å². The van der Waals surface area contributed by atoms with E-state index in [1.54, 1.807) is 0 Å². The van der Waals surface area contributed by atoms with Gasteiger partial charge in [0.25, 0.3) is 0 Å². The summed E-state index contributed by atoms with van der Waals surface area (Å²) in [6.07, 6.45) is 2.45. The maximum absolute atomic E-state index is 6.80. The number of rotatable bonds is 1. The first kappa shape index (κ1) is 17.4. The molecule has 1 aliphatic carbocycles. The van der Waals surface area contributed by atoms with Crippen LogP contribution in [-0.2, 0) is 0 Å². The first-order valence-corrected chi connectivity index (χ1v) is 10.6. The monoisotopic (exact) mass is 481 g/mol. The normalized spacial score (nSPS) is 18.0. The van der Waals surface area contributed by atoms with Crippen LogP contribution in [-0.4, -0.2) is 4.57 Å². The van der Waals surface area contributed by atoms with Crippen LogP contribution in [0.5, 0.6) is 5.75 Å². The van der Waals surface area contributed by atoms with Gasteiger partial charge in [-0.3, -0.25) is 0 Å². The molecule has 1 fully saturated rings. The van der Waals surface area contributed by atoms with Crippen molar-refractivity contribution in [3.05, 3.63) is 50.4 Å². The lowest BCUT2D eigenvalue weighted by Gasteiger charge is -2.30. The second-order valence-electron chi connectivity index (χ2n) is 6.18. The highest BCUT2D eigenvalue weighted by molar-refractivity contribution is 9.10. The molecule has 1 aliphatic heterocycles. The summed E-state index contributed by atoms with van der Waals surface area (Å²) in [4.78, 5) is 0. The van der Waals surface area contributed by atoms with Crippen LogP contribution in [0.25, 0.3) is 22.2 Å². The van der Waals surface area contributed by atoms with Crippen molar-refractivity contribution in [2.75, 3.05) is 0 Å². The van der Waals surface area contributed by atoms with E-state index >= 15 is 0 Å². The van der Waals surface area contributed by atoms with Gasteiger partial charge in [0.2, 0.25) is 0 Å². The Kier molecular flexibility index (Phi) is 4.63. The van der Waals surface area contributed by atoms with Crippen molar-refractivity contribution in [1.82, 2.24) is 4.57 Å². The molecule has 5 rings (SSSR count). The molecule has 0 radical (unpaired) electrons. The van der Waals surface area contributed by atoms with Gasteiger partial charge in [-0.1, -0.05) is 57.3 Å². The van der Waals surface area contributed by atoms with Crippen LogP contribution >= 0.6 is 43.5 Å². The fraction of sp³-hybridized carbons (Fsp3) is 0.300. The minimum Gasteiger partial charge on any atom is -0.469 e. The molecule has 0 N–H and O–H groups in total. The van der Waals surface area contributed by atoms with Crippen molar-refractivity contribution in [3.8, 4) is 17.0 Å². The highest BCUT2D eigenvalue weighted by Crippen LogP contribution is 2.53. The van der Waals surface area contributed by atoms with Crippen LogP contribution in [0.15, 0.2) is 45.3 Å². The Hall–Kier alpha value is -0.970. The molecule has 0 bridgehead atoms. The SMILES string of the molecule is CC.Clc1c2n(c3ccc(Br)cc13)C(C1CC1)Oc1cc(Br)ccc1-2. The summed E-state index contributed by atoms with van der Waals surface area (Å²) in [5.41, 5.74) is 3.27. The van der Waals surface area contributed by atoms with E-state index < -0.39 is 0 Å². The molecular weight excluding hydrogens is 465 g/mol. The minimum atomic E-state index is 0.0305. The molecule has 5 heteroatoms. The summed E-state index contributed by atoms with van der Waals surface area (Å²) in [6.45, 7) is 4.00. The Morgan fingerprint density at radius 3 is 2.44 bits per heavy atom. The number of ether oxygens (including phenoxy) is 1. The minimum absolute atomic E-state index is 0.0305. The van der Waals surface area contributed by atoms with Crippen LogP contribution in [0.4, 0.5) is 0 Å². The lowest BCUT2D eigenvalue weighted by molar-refractivity contribution is 0.108. The van der Waals surface area contributed by atoms with E-state index in [1.807, 2.05) is 26.0 Å². The Labute approximate surface area is 169 Å². The molecule has 0 spiro atoms. The van der Waals surface area contributed by atoms with Gasteiger partial charge in [-0.2, -0.15) is 0 Å². The molecule has 0 amide bonds. The average molecular weight is 484 g/mol. The number of aromatic nitrogens is 1. The quantitative estimate of drug-likeness (QED) is 0.344. The summed E-state index contributed by atoms with van der Waals surface area (Å²) in [5.74, 6) is 1.48. The third-order valence-electron chi connectivity index (χ3n) is 4.63. The van der Waals surface area contributed by atoms with Gasteiger partial charge in [0.15, 0.2) is 6.23 Å². The van der Waals surface area contributed by atoms with E-state index in [-0.39, 0.29) is 6.23 Å². The summed E-state index contributed by atoms with van der Waals surface area (Å²) < 4.78 is 10.7. The van der Waals surface area contributed by atoms with Gasteiger partial charge >= 0.3 is 0 Å². The summed E-state index contributed by atoms with van der Waals surface area (Å²) >= 11 is 13.9. The van der Waals surface area contributed by atoms with Gasteiger partial charge in [0.05, 0.1) is 16.2 Å². The van der Waals surface area contributed by atoms with Gasteiger partial charge < -0.3 is 9.30 Å². The highest BCUT2D eigenvalue weighted by Gasteiger charge is 2.40. The van der Waals surface area contributed by atoms with Gasteiger partial charge in [-0.05, 0) is 49.2 Å². The van der Waals surface area contributed by atoms with Crippen molar-refractivity contribution in [2.24, 2.45) is 5.92 Å². The Morgan fingerprint density at radius 2 is 1.72 bits per heavy atom. The van der Waals surface area contributed by atoms with Crippen molar-refractivity contribution >= 4 is 54.4 Å². The Morgan fingerprint density at radius 1 is 1.04 bits per heavy atom. The predicted molar refractivity (Wildman–Crippen MR) is 112 cm³/mol. The summed E-state index contributed by atoms with van der Waals surface area (Å²) in [6, 6.07) is 12.4. The fourth-order valence-corrected chi connectivity index (χ4v) is 4.47. The van der Waals surface area contributed by atoms with Crippen molar-refractivity contribution in [2.45, 2.75) is 32.9 Å².